The molecule has 1 aromatic heterocycles. The average Bonchev–Trinajstić information content (AvgIpc) is 3.38. The number of nitrogens with one attached hydrogen (secondary N) is 1. The van der Waals surface area contributed by atoms with E-state index in [4.69, 9.17) is 10.00 Å². The average molecular weight is 506 g/mol. The van der Waals surface area contributed by atoms with Crippen LogP contribution in [0.3, 0.4) is 0 Å². The second-order valence-electron chi connectivity index (χ2n) is 10.6. The van der Waals surface area contributed by atoms with E-state index in [0.29, 0.717) is 13.2 Å². The third-order valence-corrected chi connectivity index (χ3v) is 6.93. The largest absolute Gasteiger partial charge is 0.381 e. The lowest BCUT2D eigenvalue weighted by Crippen LogP contribution is -2.45. The summed E-state index contributed by atoms with van der Waals surface area (Å²) in [6.45, 7) is 8.75. The van der Waals surface area contributed by atoms with Gasteiger partial charge < -0.3 is 24.6 Å². The van der Waals surface area contributed by atoms with Crippen LogP contribution in [-0.2, 0) is 19.7 Å². The zero-order valence-corrected chi connectivity index (χ0v) is 22.4. The van der Waals surface area contributed by atoms with Gasteiger partial charge in [-0.05, 0) is 54.9 Å². The fourth-order valence-electron chi connectivity index (χ4n) is 4.61. The zero-order chi connectivity index (χ0) is 26.8. The minimum absolute atomic E-state index is 0.00213. The Bertz CT molecular complexity index is 1040. The highest BCUT2D eigenvalue weighted by Gasteiger charge is 2.28. The number of hydrogen-bond acceptors (Lipinski definition) is 7. The maximum absolute atomic E-state index is 13.2. The van der Waals surface area contributed by atoms with Crippen LogP contribution in [0, 0.1) is 11.5 Å². The summed E-state index contributed by atoms with van der Waals surface area (Å²) < 4.78 is 5.41. The molecule has 8 nitrogen and oxygen atoms in total. The summed E-state index contributed by atoms with van der Waals surface area (Å²) in [5.41, 5.74) is 3.26. The predicted octanol–water partition coefficient (Wildman–Crippen LogP) is 3.98. The van der Waals surface area contributed by atoms with E-state index in [1.165, 1.54) is 10.5 Å². The summed E-state index contributed by atoms with van der Waals surface area (Å²) in [5, 5.41) is 11.6. The number of likely N-dealkylation sites (tertiary alicyclic amines) is 1. The molecule has 0 aliphatic carbocycles. The van der Waals surface area contributed by atoms with Crippen LogP contribution in [-0.4, -0.2) is 61.0 Å². The number of aromatic nitrogens is 1. The highest BCUT2D eigenvalue weighted by molar-refractivity contribution is 5.86. The second-order valence-corrected chi connectivity index (χ2v) is 10.6. The van der Waals surface area contributed by atoms with Crippen LogP contribution in [0.5, 0.6) is 0 Å². The molecular formula is C29H39N5O3. The highest BCUT2D eigenvalue weighted by Crippen LogP contribution is 2.29. The van der Waals surface area contributed by atoms with Crippen LogP contribution in [0.15, 0.2) is 48.8 Å². The Labute approximate surface area is 220 Å². The van der Waals surface area contributed by atoms with Gasteiger partial charge in [0.05, 0.1) is 6.04 Å². The quantitative estimate of drug-likeness (QED) is 0.468. The van der Waals surface area contributed by atoms with E-state index in [-0.39, 0.29) is 23.4 Å². The lowest BCUT2D eigenvalue weighted by atomic mass is 9.87. The van der Waals surface area contributed by atoms with Crippen LogP contribution in [0.1, 0.15) is 63.6 Å². The Hall–Kier alpha value is -3.44. The van der Waals surface area contributed by atoms with Gasteiger partial charge in [-0.15, -0.1) is 0 Å². The van der Waals surface area contributed by atoms with Gasteiger partial charge in [-0.2, -0.15) is 5.26 Å². The van der Waals surface area contributed by atoms with E-state index in [1.54, 1.807) is 12.4 Å². The van der Waals surface area contributed by atoms with Crippen LogP contribution in [0.2, 0.25) is 0 Å². The summed E-state index contributed by atoms with van der Waals surface area (Å²) in [4.78, 5) is 31.2. The number of carbonyl (C=O) groups excluding carboxylic acids is 2. The smallest absolute Gasteiger partial charge is 0.247 e. The third kappa shape index (κ3) is 7.77. The lowest BCUT2D eigenvalue weighted by Gasteiger charge is -2.32. The van der Waals surface area contributed by atoms with E-state index in [9.17, 15) is 9.59 Å². The number of carbonyl (C=O) groups is 2. The molecule has 0 spiro atoms. The minimum atomic E-state index is -0.433. The van der Waals surface area contributed by atoms with Gasteiger partial charge in [0, 0.05) is 56.5 Å². The molecule has 1 aromatic carbocycles. The molecule has 2 unspecified atom stereocenters. The Morgan fingerprint density at radius 1 is 1.22 bits per heavy atom. The first-order valence-corrected chi connectivity index (χ1v) is 13.0. The molecule has 1 N–H and O–H groups in total. The lowest BCUT2D eigenvalue weighted by molar-refractivity contribution is -0.123. The maximum atomic E-state index is 13.2. The number of likely N-dealkylation sites (N-methyl/N-ethyl adjacent to an activating group) is 1. The molecule has 2 atom stereocenters. The Kier molecular flexibility index (Phi) is 10.0. The Morgan fingerprint density at radius 3 is 2.46 bits per heavy atom. The van der Waals surface area contributed by atoms with Crippen LogP contribution in [0.25, 0.3) is 0 Å². The van der Waals surface area contributed by atoms with Crippen LogP contribution < -0.4 is 10.2 Å². The fraction of sp³-hybridized carbons (Fsp3) is 0.517. The number of benzene rings is 1. The van der Waals surface area contributed by atoms with E-state index in [0.717, 1.165) is 49.8 Å². The molecule has 2 fully saturated rings. The van der Waals surface area contributed by atoms with Crippen molar-refractivity contribution >= 4 is 17.9 Å². The van der Waals surface area contributed by atoms with Crippen molar-refractivity contribution in [2.75, 3.05) is 31.7 Å². The second kappa shape index (κ2) is 13.2. The van der Waals surface area contributed by atoms with E-state index in [1.807, 2.05) is 30.3 Å². The fourth-order valence-corrected chi connectivity index (χ4v) is 4.61. The van der Waals surface area contributed by atoms with Crippen molar-refractivity contribution < 1.29 is 14.3 Å². The number of rotatable bonds is 6. The predicted molar refractivity (Wildman–Crippen MR) is 144 cm³/mol. The number of nitriles is 1. The molecule has 0 saturated carbocycles. The van der Waals surface area contributed by atoms with Crippen molar-refractivity contribution in [1.29, 1.82) is 5.26 Å². The highest BCUT2D eigenvalue weighted by atomic mass is 16.5. The van der Waals surface area contributed by atoms with Crippen molar-refractivity contribution in [1.82, 2.24) is 15.2 Å². The Balaban J connectivity index is 0.000000356. The number of anilines is 1. The standard InChI is InChI=1S/C23H31N3O2.C6H8N2O/c1-23(2,3)18-7-9-20(10-8-18)26(4)21(17-6-5-13-24-16-17)22(27)25-19-11-14-28-15-12-19;7-5-8-3-1-2-6(8)4-9/h5-10,13,16,19,21H,11-12,14-15H2,1-4H3,(H,25,27);4,6H,1-3H2. The van der Waals surface area contributed by atoms with Crippen molar-refractivity contribution in [2.24, 2.45) is 0 Å². The van der Waals surface area contributed by atoms with Gasteiger partial charge in [-0.3, -0.25) is 9.78 Å². The van der Waals surface area contributed by atoms with Gasteiger partial charge in [0.2, 0.25) is 5.91 Å². The SMILES string of the molecule is CN(c1ccc(C(C)(C)C)cc1)C(C(=O)NC1CCOCC1)c1cccnc1.N#CN1CCCC1C=O. The summed E-state index contributed by atoms with van der Waals surface area (Å²) in [5.74, 6) is 0.00213. The van der Waals surface area contributed by atoms with Gasteiger partial charge in [0.15, 0.2) is 6.19 Å². The zero-order valence-electron chi connectivity index (χ0n) is 22.4. The molecule has 0 bridgehead atoms. The number of amides is 1. The first-order valence-electron chi connectivity index (χ1n) is 13.0. The molecule has 198 valence electrons. The van der Waals surface area contributed by atoms with Crippen molar-refractivity contribution in [3.05, 3.63) is 59.9 Å². The van der Waals surface area contributed by atoms with E-state index in [2.05, 4.69) is 55.3 Å². The van der Waals surface area contributed by atoms with Crippen molar-refractivity contribution in [3.63, 3.8) is 0 Å². The number of hydrogen-bond donors (Lipinski definition) is 1. The first kappa shape index (κ1) is 28.1. The number of pyridine rings is 1. The van der Waals surface area contributed by atoms with E-state index < -0.39 is 6.04 Å². The summed E-state index contributed by atoms with van der Waals surface area (Å²) in [6.07, 6.45) is 9.84. The molecule has 4 rings (SSSR count). The van der Waals surface area contributed by atoms with E-state index >= 15 is 0 Å². The topological polar surface area (TPSA) is 98.6 Å². The monoisotopic (exact) mass is 505 g/mol. The number of nitrogens with zero attached hydrogens (tertiary/aromatic N) is 4. The molecule has 8 heteroatoms. The molecule has 1 amide bonds. The van der Waals surface area contributed by atoms with Gasteiger partial charge >= 0.3 is 0 Å². The molecular weight excluding hydrogens is 466 g/mol. The van der Waals surface area contributed by atoms with Gasteiger partial charge in [0.25, 0.3) is 0 Å². The molecule has 3 heterocycles. The van der Waals surface area contributed by atoms with Gasteiger partial charge in [-0.1, -0.05) is 39.0 Å². The van der Waals surface area contributed by atoms with Crippen LogP contribution in [0.4, 0.5) is 5.69 Å². The molecule has 2 aliphatic rings. The number of aldehydes is 1. The molecule has 0 radical (unpaired) electrons. The maximum Gasteiger partial charge on any atom is 0.247 e. The number of ether oxygens (including phenoxy) is 1. The minimum Gasteiger partial charge on any atom is -0.381 e. The molecule has 2 saturated heterocycles. The van der Waals surface area contributed by atoms with Crippen molar-refractivity contribution in [2.45, 2.75) is 70.0 Å². The van der Waals surface area contributed by atoms with Gasteiger partial charge in [0.1, 0.15) is 12.3 Å². The molecule has 2 aliphatic heterocycles. The third-order valence-electron chi connectivity index (χ3n) is 6.93. The molecule has 37 heavy (non-hydrogen) atoms. The van der Waals surface area contributed by atoms with Gasteiger partial charge in [-0.25, -0.2) is 0 Å². The Morgan fingerprint density at radius 2 is 1.92 bits per heavy atom. The normalized spacial score (nSPS) is 18.7. The molecule has 2 aromatic rings. The van der Waals surface area contributed by atoms with Crippen molar-refractivity contribution in [3.8, 4) is 6.19 Å². The first-order chi connectivity index (χ1) is 17.7. The summed E-state index contributed by atoms with van der Waals surface area (Å²) >= 11 is 0. The van der Waals surface area contributed by atoms with Crippen LogP contribution >= 0.6 is 0 Å². The summed E-state index contributed by atoms with van der Waals surface area (Å²) in [6, 6.07) is 11.9. The summed E-state index contributed by atoms with van der Waals surface area (Å²) in [7, 11) is 1.97.